The highest BCUT2D eigenvalue weighted by atomic mass is 15.1. The molecule has 0 unspecified atom stereocenters. The minimum atomic E-state index is 0.616. The summed E-state index contributed by atoms with van der Waals surface area (Å²) >= 11 is 0. The van der Waals surface area contributed by atoms with E-state index in [1.807, 2.05) is 0 Å². The first kappa shape index (κ1) is 9.11. The summed E-state index contributed by atoms with van der Waals surface area (Å²) in [6.07, 6.45) is 0. The predicted octanol–water partition coefficient (Wildman–Crippen LogP) is 2.88. The van der Waals surface area contributed by atoms with Crippen LogP contribution in [0.4, 0.5) is 5.69 Å². The largest absolute Gasteiger partial charge is 0.378 e. The number of anilines is 1. The van der Waals surface area contributed by atoms with Gasteiger partial charge in [0.2, 0.25) is 0 Å². The van der Waals surface area contributed by atoms with Crippen LogP contribution >= 0.6 is 0 Å². The SMILES string of the molecule is CC(C)c1cccc(N(C)C)c1. The van der Waals surface area contributed by atoms with Crippen molar-refractivity contribution in [3.63, 3.8) is 0 Å². The van der Waals surface area contributed by atoms with Gasteiger partial charge < -0.3 is 4.90 Å². The van der Waals surface area contributed by atoms with Crippen LogP contribution in [-0.4, -0.2) is 14.1 Å². The summed E-state index contributed by atoms with van der Waals surface area (Å²) in [5.41, 5.74) is 2.68. The van der Waals surface area contributed by atoms with Gasteiger partial charge in [-0.1, -0.05) is 26.0 Å². The lowest BCUT2D eigenvalue weighted by Gasteiger charge is -2.14. The quantitative estimate of drug-likeness (QED) is 0.648. The van der Waals surface area contributed by atoms with Gasteiger partial charge >= 0.3 is 0 Å². The average molecular weight is 163 g/mol. The van der Waals surface area contributed by atoms with E-state index in [0.717, 1.165) is 0 Å². The second kappa shape index (κ2) is 3.61. The third-order valence-corrected chi connectivity index (χ3v) is 2.05. The molecule has 0 saturated carbocycles. The summed E-state index contributed by atoms with van der Waals surface area (Å²) in [6.45, 7) is 4.43. The highest BCUT2D eigenvalue weighted by Crippen LogP contribution is 2.19. The maximum atomic E-state index is 2.24. The molecule has 0 amide bonds. The molecule has 12 heavy (non-hydrogen) atoms. The predicted molar refractivity (Wildman–Crippen MR) is 54.9 cm³/mol. The maximum absolute atomic E-state index is 2.24. The summed E-state index contributed by atoms with van der Waals surface area (Å²) < 4.78 is 0. The first-order chi connectivity index (χ1) is 5.61. The van der Waals surface area contributed by atoms with Crippen molar-refractivity contribution in [1.29, 1.82) is 0 Å². The van der Waals surface area contributed by atoms with Crippen LogP contribution in [0.15, 0.2) is 24.3 Å². The maximum Gasteiger partial charge on any atom is 0.0363 e. The lowest BCUT2D eigenvalue weighted by atomic mass is 10.0. The Hall–Kier alpha value is -0.980. The van der Waals surface area contributed by atoms with Gasteiger partial charge in [-0.2, -0.15) is 0 Å². The summed E-state index contributed by atoms with van der Waals surface area (Å²) in [5, 5.41) is 0. The topological polar surface area (TPSA) is 3.24 Å². The van der Waals surface area contributed by atoms with Crippen molar-refractivity contribution in [2.75, 3.05) is 19.0 Å². The van der Waals surface area contributed by atoms with Crippen LogP contribution in [0.25, 0.3) is 0 Å². The fourth-order valence-corrected chi connectivity index (χ4v) is 1.16. The molecular weight excluding hydrogens is 146 g/mol. The molecule has 0 radical (unpaired) electrons. The molecule has 1 rings (SSSR count). The molecule has 1 heteroatoms. The molecule has 66 valence electrons. The lowest BCUT2D eigenvalue weighted by Crippen LogP contribution is -2.08. The van der Waals surface area contributed by atoms with E-state index in [4.69, 9.17) is 0 Å². The van der Waals surface area contributed by atoms with Gasteiger partial charge in [-0.15, -0.1) is 0 Å². The van der Waals surface area contributed by atoms with Crippen molar-refractivity contribution < 1.29 is 0 Å². The zero-order chi connectivity index (χ0) is 9.14. The fraction of sp³-hybridized carbons (Fsp3) is 0.455. The molecule has 0 aromatic heterocycles. The van der Waals surface area contributed by atoms with Gasteiger partial charge in [-0.3, -0.25) is 0 Å². The lowest BCUT2D eigenvalue weighted by molar-refractivity contribution is 0.865. The number of rotatable bonds is 2. The Morgan fingerprint density at radius 3 is 2.33 bits per heavy atom. The van der Waals surface area contributed by atoms with Crippen LogP contribution in [0.2, 0.25) is 0 Å². The van der Waals surface area contributed by atoms with Crippen LogP contribution in [0.3, 0.4) is 0 Å². The van der Waals surface area contributed by atoms with Gasteiger partial charge in [-0.25, -0.2) is 0 Å². The van der Waals surface area contributed by atoms with Gasteiger partial charge in [0, 0.05) is 19.8 Å². The number of benzene rings is 1. The third-order valence-electron chi connectivity index (χ3n) is 2.05. The van der Waals surface area contributed by atoms with Gasteiger partial charge in [0.05, 0.1) is 0 Å². The normalized spacial score (nSPS) is 10.4. The van der Waals surface area contributed by atoms with Crippen LogP contribution in [0, 0.1) is 0 Å². The highest BCUT2D eigenvalue weighted by Gasteiger charge is 2.00. The smallest absolute Gasteiger partial charge is 0.0363 e. The Kier molecular flexibility index (Phi) is 2.74. The molecule has 1 aromatic rings. The Balaban J connectivity index is 2.96. The zero-order valence-electron chi connectivity index (χ0n) is 8.33. The van der Waals surface area contributed by atoms with E-state index in [2.05, 4.69) is 57.1 Å². The standard InChI is InChI=1S/C11H17N/c1-9(2)10-6-5-7-11(8-10)12(3)4/h5-9H,1-4H3. The fourth-order valence-electron chi connectivity index (χ4n) is 1.16. The summed E-state index contributed by atoms with van der Waals surface area (Å²) in [4.78, 5) is 2.13. The molecule has 0 atom stereocenters. The van der Waals surface area contributed by atoms with E-state index in [-0.39, 0.29) is 0 Å². The van der Waals surface area contributed by atoms with Crippen molar-refractivity contribution in [2.24, 2.45) is 0 Å². The molecule has 0 N–H and O–H groups in total. The third kappa shape index (κ3) is 2.00. The van der Waals surface area contributed by atoms with E-state index >= 15 is 0 Å². The Morgan fingerprint density at radius 2 is 1.83 bits per heavy atom. The molecule has 0 spiro atoms. The second-order valence-corrected chi connectivity index (χ2v) is 3.64. The first-order valence-corrected chi connectivity index (χ1v) is 4.38. The Bertz CT molecular complexity index is 228. The number of hydrogen-bond acceptors (Lipinski definition) is 1. The number of nitrogens with zero attached hydrogens (tertiary/aromatic N) is 1. The van der Waals surface area contributed by atoms with Gasteiger partial charge in [-0.05, 0) is 23.6 Å². The molecule has 0 aliphatic rings. The van der Waals surface area contributed by atoms with E-state index in [1.54, 1.807) is 0 Å². The van der Waals surface area contributed by atoms with Crippen LogP contribution in [-0.2, 0) is 0 Å². The van der Waals surface area contributed by atoms with Crippen molar-refractivity contribution in [1.82, 2.24) is 0 Å². The number of hydrogen-bond donors (Lipinski definition) is 0. The minimum Gasteiger partial charge on any atom is -0.378 e. The molecule has 0 aliphatic carbocycles. The average Bonchev–Trinajstić information content (AvgIpc) is 2.04. The minimum absolute atomic E-state index is 0.616. The highest BCUT2D eigenvalue weighted by molar-refractivity contribution is 5.47. The summed E-state index contributed by atoms with van der Waals surface area (Å²) in [5.74, 6) is 0.616. The van der Waals surface area contributed by atoms with Crippen LogP contribution in [0.5, 0.6) is 0 Å². The van der Waals surface area contributed by atoms with E-state index in [9.17, 15) is 0 Å². The van der Waals surface area contributed by atoms with E-state index < -0.39 is 0 Å². The Labute approximate surface area is 75.0 Å². The summed E-state index contributed by atoms with van der Waals surface area (Å²) in [6, 6.07) is 8.67. The monoisotopic (exact) mass is 163 g/mol. The molecule has 1 nitrogen and oxygen atoms in total. The van der Waals surface area contributed by atoms with Gasteiger partial charge in [0.25, 0.3) is 0 Å². The molecule has 0 aliphatic heterocycles. The Morgan fingerprint density at radius 1 is 1.17 bits per heavy atom. The van der Waals surface area contributed by atoms with Crippen LogP contribution < -0.4 is 4.90 Å². The van der Waals surface area contributed by atoms with Crippen molar-refractivity contribution >= 4 is 5.69 Å². The van der Waals surface area contributed by atoms with Crippen molar-refractivity contribution in [3.05, 3.63) is 29.8 Å². The first-order valence-electron chi connectivity index (χ1n) is 4.38. The summed E-state index contributed by atoms with van der Waals surface area (Å²) in [7, 11) is 4.14. The molecule has 0 bridgehead atoms. The van der Waals surface area contributed by atoms with Crippen LogP contribution in [0.1, 0.15) is 25.3 Å². The van der Waals surface area contributed by atoms with E-state index in [0.29, 0.717) is 5.92 Å². The second-order valence-electron chi connectivity index (χ2n) is 3.64. The van der Waals surface area contributed by atoms with Gasteiger partial charge in [0.1, 0.15) is 0 Å². The van der Waals surface area contributed by atoms with Crippen molar-refractivity contribution in [2.45, 2.75) is 19.8 Å². The molecule has 0 heterocycles. The van der Waals surface area contributed by atoms with Gasteiger partial charge in [0.15, 0.2) is 0 Å². The van der Waals surface area contributed by atoms with E-state index in [1.165, 1.54) is 11.3 Å². The molecule has 0 saturated heterocycles. The van der Waals surface area contributed by atoms with Crippen molar-refractivity contribution in [3.8, 4) is 0 Å². The molecule has 0 fully saturated rings. The molecular formula is C11H17N. The molecule has 1 aromatic carbocycles. The zero-order valence-corrected chi connectivity index (χ0v) is 8.33.